The highest BCUT2D eigenvalue weighted by Crippen LogP contribution is 2.33. The van der Waals surface area contributed by atoms with Gasteiger partial charge in [0.25, 0.3) is 0 Å². The normalized spacial score (nSPS) is 10.6. The third-order valence-corrected chi connectivity index (χ3v) is 4.40. The van der Waals surface area contributed by atoms with Gasteiger partial charge in [-0.2, -0.15) is 0 Å². The molecule has 0 aliphatic carbocycles. The molecule has 2 N–H and O–H groups in total. The average molecular weight is 305 g/mol. The van der Waals surface area contributed by atoms with Gasteiger partial charge in [-0.25, -0.2) is 0 Å². The molecule has 0 saturated carbocycles. The smallest absolute Gasteiger partial charge is 0.164 e. The maximum Gasteiger partial charge on any atom is 0.164 e. The lowest BCUT2D eigenvalue weighted by Gasteiger charge is -2.15. The van der Waals surface area contributed by atoms with Crippen LogP contribution in [0.15, 0.2) is 30.3 Å². The molecule has 114 valence electrons. The molecule has 1 aromatic heterocycles. The predicted octanol–water partition coefficient (Wildman–Crippen LogP) is 3.79. The summed E-state index contributed by atoms with van der Waals surface area (Å²) in [5, 5.41) is 0. The number of benzene rings is 1. The summed E-state index contributed by atoms with van der Waals surface area (Å²) >= 11 is 1.80. The highest BCUT2D eigenvalue weighted by atomic mass is 32.1. The summed E-state index contributed by atoms with van der Waals surface area (Å²) in [5.41, 5.74) is 6.79. The van der Waals surface area contributed by atoms with E-state index in [9.17, 15) is 0 Å². The topological polar surface area (TPSA) is 44.5 Å². The minimum Gasteiger partial charge on any atom is -0.490 e. The number of nitrogens with two attached hydrogens (primary N) is 1. The lowest BCUT2D eigenvalue weighted by atomic mass is 10.1. The summed E-state index contributed by atoms with van der Waals surface area (Å²) in [6.07, 6.45) is 1.86. The summed E-state index contributed by atoms with van der Waals surface area (Å²) in [4.78, 5) is 2.62. The highest BCUT2D eigenvalue weighted by molar-refractivity contribution is 7.11. The van der Waals surface area contributed by atoms with Crippen molar-refractivity contribution >= 4 is 11.3 Å². The lowest BCUT2D eigenvalue weighted by Crippen LogP contribution is -2.07. The third kappa shape index (κ3) is 4.22. The van der Waals surface area contributed by atoms with Gasteiger partial charge in [0.1, 0.15) is 6.61 Å². The molecule has 0 bridgehead atoms. The SMILES string of the molecule is CCOc1cccc(CCN)c1OCc1ccc(CC)s1. The number of aryl methyl sites for hydroxylation is 1. The average Bonchev–Trinajstić information content (AvgIpc) is 2.95. The van der Waals surface area contributed by atoms with E-state index in [0.29, 0.717) is 19.8 Å². The second-order valence-electron chi connectivity index (χ2n) is 4.73. The van der Waals surface area contributed by atoms with E-state index in [1.807, 2.05) is 19.1 Å². The molecule has 0 saturated heterocycles. The molecule has 0 spiro atoms. The predicted molar refractivity (Wildman–Crippen MR) is 88.4 cm³/mol. The Kier molecular flexibility index (Phi) is 6.08. The van der Waals surface area contributed by atoms with Crippen LogP contribution in [0.25, 0.3) is 0 Å². The standard InChI is InChI=1S/C17H23NO2S/c1-3-14-8-9-15(21-14)12-20-17-13(10-11-18)6-5-7-16(17)19-4-2/h5-9H,3-4,10-12,18H2,1-2H3. The molecule has 0 fully saturated rings. The molecular weight excluding hydrogens is 282 g/mol. The Hall–Kier alpha value is -1.52. The fourth-order valence-corrected chi connectivity index (χ4v) is 3.05. The van der Waals surface area contributed by atoms with Crippen LogP contribution in [0.3, 0.4) is 0 Å². The van der Waals surface area contributed by atoms with Gasteiger partial charge >= 0.3 is 0 Å². The van der Waals surface area contributed by atoms with Gasteiger partial charge in [0, 0.05) is 9.75 Å². The summed E-state index contributed by atoms with van der Waals surface area (Å²) in [6.45, 7) is 5.95. The first-order valence-corrected chi connectivity index (χ1v) is 8.25. The Labute approximate surface area is 130 Å². The van der Waals surface area contributed by atoms with Crippen LogP contribution in [0.1, 0.15) is 29.2 Å². The van der Waals surface area contributed by atoms with Crippen molar-refractivity contribution in [2.45, 2.75) is 33.3 Å². The molecular formula is C17H23NO2S. The molecule has 0 unspecified atom stereocenters. The zero-order valence-corrected chi connectivity index (χ0v) is 13.5. The second-order valence-corrected chi connectivity index (χ2v) is 5.98. The number of rotatable bonds is 8. The van der Waals surface area contributed by atoms with Crippen LogP contribution in [0.2, 0.25) is 0 Å². The number of ether oxygens (including phenoxy) is 2. The van der Waals surface area contributed by atoms with Crippen LogP contribution in [0.4, 0.5) is 0 Å². The summed E-state index contributed by atoms with van der Waals surface area (Å²) in [6, 6.07) is 10.3. The van der Waals surface area contributed by atoms with Gasteiger partial charge in [0.05, 0.1) is 6.61 Å². The minimum atomic E-state index is 0.576. The van der Waals surface area contributed by atoms with E-state index < -0.39 is 0 Å². The van der Waals surface area contributed by atoms with E-state index in [1.54, 1.807) is 11.3 Å². The minimum absolute atomic E-state index is 0.576. The maximum atomic E-state index is 6.05. The first-order chi connectivity index (χ1) is 10.3. The highest BCUT2D eigenvalue weighted by Gasteiger charge is 2.11. The van der Waals surface area contributed by atoms with Crippen molar-refractivity contribution in [2.24, 2.45) is 5.73 Å². The fourth-order valence-electron chi connectivity index (χ4n) is 2.18. The molecule has 0 aliphatic rings. The van der Waals surface area contributed by atoms with E-state index in [0.717, 1.165) is 29.9 Å². The van der Waals surface area contributed by atoms with Crippen molar-refractivity contribution < 1.29 is 9.47 Å². The summed E-state index contributed by atoms with van der Waals surface area (Å²) < 4.78 is 11.7. The van der Waals surface area contributed by atoms with Gasteiger partial charge in [-0.3, -0.25) is 0 Å². The Balaban J connectivity index is 2.15. The van der Waals surface area contributed by atoms with Crippen molar-refractivity contribution in [3.8, 4) is 11.5 Å². The molecule has 2 aromatic rings. The monoisotopic (exact) mass is 305 g/mol. The van der Waals surface area contributed by atoms with Crippen LogP contribution in [0.5, 0.6) is 11.5 Å². The van der Waals surface area contributed by atoms with Crippen LogP contribution < -0.4 is 15.2 Å². The molecule has 0 aliphatic heterocycles. The molecule has 1 aromatic carbocycles. The fraction of sp³-hybridized carbons (Fsp3) is 0.412. The van der Waals surface area contributed by atoms with Crippen molar-refractivity contribution in [1.29, 1.82) is 0 Å². The first kappa shape index (κ1) is 15.9. The third-order valence-electron chi connectivity index (χ3n) is 3.20. The maximum absolute atomic E-state index is 6.05. The summed E-state index contributed by atoms with van der Waals surface area (Å²) in [5.74, 6) is 1.63. The van der Waals surface area contributed by atoms with Crippen molar-refractivity contribution in [3.05, 3.63) is 45.6 Å². The quantitative estimate of drug-likeness (QED) is 0.807. The van der Waals surface area contributed by atoms with Gasteiger partial charge in [-0.15, -0.1) is 11.3 Å². The Bertz CT molecular complexity index is 541. The summed E-state index contributed by atoms with van der Waals surface area (Å²) in [7, 11) is 0. The zero-order valence-electron chi connectivity index (χ0n) is 12.7. The van der Waals surface area contributed by atoms with Crippen LogP contribution in [-0.4, -0.2) is 13.2 Å². The van der Waals surface area contributed by atoms with E-state index in [-0.39, 0.29) is 0 Å². The van der Waals surface area contributed by atoms with E-state index in [4.69, 9.17) is 15.2 Å². The van der Waals surface area contributed by atoms with E-state index in [2.05, 4.69) is 25.1 Å². The van der Waals surface area contributed by atoms with Crippen molar-refractivity contribution in [3.63, 3.8) is 0 Å². The zero-order chi connectivity index (χ0) is 15.1. The van der Waals surface area contributed by atoms with Crippen LogP contribution in [0, 0.1) is 0 Å². The van der Waals surface area contributed by atoms with Gasteiger partial charge in [-0.1, -0.05) is 19.1 Å². The molecule has 0 atom stereocenters. The Morgan fingerprint density at radius 1 is 1.05 bits per heavy atom. The van der Waals surface area contributed by atoms with Crippen molar-refractivity contribution in [1.82, 2.24) is 0 Å². The van der Waals surface area contributed by atoms with Gasteiger partial charge in [0.2, 0.25) is 0 Å². The molecule has 21 heavy (non-hydrogen) atoms. The van der Waals surface area contributed by atoms with Gasteiger partial charge in [0.15, 0.2) is 11.5 Å². The lowest BCUT2D eigenvalue weighted by molar-refractivity contribution is 0.269. The van der Waals surface area contributed by atoms with Gasteiger partial charge < -0.3 is 15.2 Å². The first-order valence-electron chi connectivity index (χ1n) is 7.43. The number of hydrogen-bond donors (Lipinski definition) is 1. The number of thiophene rings is 1. The number of para-hydroxylation sites is 1. The largest absolute Gasteiger partial charge is 0.490 e. The number of hydrogen-bond acceptors (Lipinski definition) is 4. The molecule has 1 heterocycles. The van der Waals surface area contributed by atoms with Gasteiger partial charge in [-0.05, 0) is 50.1 Å². The van der Waals surface area contributed by atoms with Crippen LogP contribution >= 0.6 is 11.3 Å². The molecule has 4 heteroatoms. The Morgan fingerprint density at radius 2 is 1.86 bits per heavy atom. The molecule has 0 amide bonds. The van der Waals surface area contributed by atoms with E-state index in [1.165, 1.54) is 9.75 Å². The molecule has 3 nitrogen and oxygen atoms in total. The second kappa shape index (κ2) is 8.05. The Morgan fingerprint density at radius 3 is 2.52 bits per heavy atom. The molecule has 2 rings (SSSR count). The molecule has 0 radical (unpaired) electrons. The van der Waals surface area contributed by atoms with E-state index >= 15 is 0 Å². The van der Waals surface area contributed by atoms with Crippen molar-refractivity contribution in [2.75, 3.05) is 13.2 Å². The van der Waals surface area contributed by atoms with Crippen LogP contribution in [-0.2, 0) is 19.4 Å².